The topological polar surface area (TPSA) is 178 Å². The number of benzene rings is 3. The first-order valence-electron chi connectivity index (χ1n) is 13.8. The van der Waals surface area contributed by atoms with Crippen LogP contribution in [0.2, 0.25) is 5.02 Å². The molecule has 0 radical (unpaired) electrons. The predicted octanol–water partition coefficient (Wildman–Crippen LogP) is 3.75. The van der Waals surface area contributed by atoms with Crippen molar-refractivity contribution in [2.24, 2.45) is 11.1 Å². The second-order valence-corrected chi connectivity index (χ2v) is 14.6. The second-order valence-electron chi connectivity index (χ2n) is 10.4. The molecule has 3 aromatic carbocycles. The zero-order valence-corrected chi connectivity index (χ0v) is 27.1. The zero-order chi connectivity index (χ0) is 32.9. The molecule has 12 nitrogen and oxygen atoms in total. The highest BCUT2D eigenvalue weighted by Crippen LogP contribution is 2.54. The van der Waals surface area contributed by atoms with E-state index in [1.807, 2.05) is 0 Å². The summed E-state index contributed by atoms with van der Waals surface area (Å²) in [6, 6.07) is 16.2. The Balaban J connectivity index is 1.39. The summed E-state index contributed by atoms with van der Waals surface area (Å²) in [5, 5.41) is 18.0. The van der Waals surface area contributed by atoms with Crippen LogP contribution in [0.3, 0.4) is 0 Å². The molecule has 3 atom stereocenters. The number of phenolic OH excluding ortho intramolecular Hbond substituents is 1. The summed E-state index contributed by atoms with van der Waals surface area (Å²) in [5.74, 6) is -3.12. The van der Waals surface area contributed by atoms with Gasteiger partial charge in [-0.25, -0.2) is 18.5 Å². The first-order chi connectivity index (χ1) is 21.9. The number of phenols is 1. The van der Waals surface area contributed by atoms with Gasteiger partial charge >= 0.3 is 4.87 Å². The molecule has 1 fully saturated rings. The van der Waals surface area contributed by atoms with E-state index in [1.165, 1.54) is 34.9 Å². The monoisotopic (exact) mass is 700 g/mol. The molecular weight excluding hydrogens is 676 g/mol. The Morgan fingerprint density at radius 1 is 1.04 bits per heavy atom. The number of aromatic hydroxyl groups is 1. The third kappa shape index (κ3) is 5.80. The minimum absolute atomic E-state index is 0.108. The van der Waals surface area contributed by atoms with Gasteiger partial charge < -0.3 is 15.2 Å². The number of nitrogens with one attached hydrogen (secondary N) is 1. The highest BCUT2D eigenvalue weighted by atomic mass is 35.5. The van der Waals surface area contributed by atoms with Crippen LogP contribution in [0.25, 0.3) is 0 Å². The number of fused-ring (bicyclic) bond motifs is 2. The van der Waals surface area contributed by atoms with Crippen molar-refractivity contribution in [1.29, 1.82) is 0 Å². The number of halogens is 1. The van der Waals surface area contributed by atoms with Crippen molar-refractivity contribution in [3.8, 4) is 11.5 Å². The van der Waals surface area contributed by atoms with Crippen LogP contribution in [-0.2, 0) is 31.0 Å². The summed E-state index contributed by atoms with van der Waals surface area (Å²) in [4.78, 5) is 55.5. The van der Waals surface area contributed by atoms with Gasteiger partial charge in [-0.15, -0.1) is 0 Å². The average molecular weight is 701 g/mol. The van der Waals surface area contributed by atoms with Crippen LogP contribution in [0.15, 0.2) is 81.4 Å². The van der Waals surface area contributed by atoms with Crippen LogP contribution >= 0.6 is 34.7 Å². The van der Waals surface area contributed by atoms with Crippen LogP contribution in [0, 0.1) is 5.92 Å². The maximum atomic E-state index is 14.1. The number of imide groups is 1. The van der Waals surface area contributed by atoms with Crippen LogP contribution in [0.4, 0.5) is 11.4 Å². The molecule has 4 N–H and O–H groups in total. The van der Waals surface area contributed by atoms with E-state index < -0.39 is 56.2 Å². The summed E-state index contributed by atoms with van der Waals surface area (Å²) < 4.78 is 30.0. The minimum Gasteiger partial charge on any atom is -0.504 e. The van der Waals surface area contributed by atoms with Crippen LogP contribution in [0.5, 0.6) is 11.5 Å². The number of sulfonamides is 1. The van der Waals surface area contributed by atoms with Gasteiger partial charge in [-0.05, 0) is 73.2 Å². The van der Waals surface area contributed by atoms with Gasteiger partial charge in [0.15, 0.2) is 11.5 Å². The molecule has 46 heavy (non-hydrogen) atoms. The number of thiazole rings is 1. The van der Waals surface area contributed by atoms with Gasteiger partial charge in [0.05, 0.1) is 28.1 Å². The number of amides is 3. The van der Waals surface area contributed by atoms with Gasteiger partial charge in [-0.3, -0.25) is 23.7 Å². The van der Waals surface area contributed by atoms with Crippen LogP contribution < -0.4 is 25.0 Å². The molecule has 4 aromatic rings. The number of carbonyl (C=O) groups is 3. The fourth-order valence-electron chi connectivity index (χ4n) is 5.53. The van der Waals surface area contributed by atoms with Gasteiger partial charge in [0.25, 0.3) is 0 Å². The smallest absolute Gasteiger partial charge is 0.308 e. The van der Waals surface area contributed by atoms with Crippen LogP contribution in [0.1, 0.15) is 23.3 Å². The van der Waals surface area contributed by atoms with Crippen molar-refractivity contribution in [1.82, 2.24) is 4.57 Å². The average Bonchev–Trinajstić information content (AvgIpc) is 3.45. The first-order valence-corrected chi connectivity index (χ1v) is 17.4. The Kier molecular flexibility index (Phi) is 8.45. The van der Waals surface area contributed by atoms with E-state index in [9.17, 15) is 32.7 Å². The number of carbonyl (C=O) groups excluding carboxylic acids is 3. The molecule has 1 aromatic heterocycles. The zero-order valence-electron chi connectivity index (χ0n) is 23.9. The lowest BCUT2D eigenvalue weighted by Crippen LogP contribution is -2.33. The summed E-state index contributed by atoms with van der Waals surface area (Å²) in [5.41, 5.74) is 1.18. The normalized spacial score (nSPS) is 19.1. The molecule has 2 aliphatic heterocycles. The maximum Gasteiger partial charge on any atom is 0.308 e. The van der Waals surface area contributed by atoms with Crippen molar-refractivity contribution >= 4 is 73.8 Å². The van der Waals surface area contributed by atoms with E-state index in [0.29, 0.717) is 26.2 Å². The number of anilines is 2. The standard InChI is InChI=1S/C30H25ClN4O8S3/c1-2-43-21-13-15(3-12-20(21)36)23-24-25(28(39)35(27(24)38)18-8-4-16(31)5-9-18)44-29-26(23)45-30(40)34(29)14-22(37)33-17-6-10-19(11-7-17)46(32,41)42/h3-13,23-25,36H,2,14H2,1H3,(H,33,37)(H2,32,41,42)/t23-,24+,25-/m0/s1. The Labute approximate surface area is 275 Å². The fourth-order valence-corrected chi connectivity index (χ4v) is 8.94. The molecule has 238 valence electrons. The van der Waals surface area contributed by atoms with Gasteiger partial charge in [-0.1, -0.05) is 40.8 Å². The molecule has 0 unspecified atom stereocenters. The third-order valence-electron chi connectivity index (χ3n) is 7.55. The molecular formula is C30H25ClN4O8S3. The van der Waals surface area contributed by atoms with Gasteiger partial charge in [0.1, 0.15) is 11.8 Å². The number of rotatable bonds is 8. The van der Waals surface area contributed by atoms with E-state index in [2.05, 4.69) is 5.32 Å². The van der Waals surface area contributed by atoms with Crippen molar-refractivity contribution in [3.05, 3.63) is 91.9 Å². The van der Waals surface area contributed by atoms with Gasteiger partial charge in [-0.2, -0.15) is 0 Å². The molecule has 0 bridgehead atoms. The van der Waals surface area contributed by atoms with E-state index >= 15 is 0 Å². The quantitative estimate of drug-likeness (QED) is 0.231. The van der Waals surface area contributed by atoms with Crippen molar-refractivity contribution < 1.29 is 32.6 Å². The van der Waals surface area contributed by atoms with E-state index in [4.69, 9.17) is 21.5 Å². The lowest BCUT2D eigenvalue weighted by molar-refractivity contribution is -0.122. The number of thioether (sulfide) groups is 1. The molecule has 0 aliphatic carbocycles. The molecule has 1 saturated heterocycles. The Morgan fingerprint density at radius 2 is 1.74 bits per heavy atom. The van der Waals surface area contributed by atoms with Crippen molar-refractivity contribution in [2.75, 3.05) is 16.8 Å². The Hall–Kier alpha value is -4.15. The van der Waals surface area contributed by atoms with Crippen LogP contribution in [-0.4, -0.2) is 47.7 Å². The van der Waals surface area contributed by atoms with E-state index in [-0.39, 0.29) is 28.7 Å². The Bertz CT molecular complexity index is 2050. The lowest BCUT2D eigenvalue weighted by atomic mass is 9.83. The number of nitrogens with zero attached hydrogens (tertiary/aromatic N) is 2. The van der Waals surface area contributed by atoms with E-state index in [1.54, 1.807) is 43.3 Å². The minimum atomic E-state index is -3.92. The number of hydrogen-bond donors (Lipinski definition) is 3. The lowest BCUT2D eigenvalue weighted by Gasteiger charge is -2.31. The molecule has 16 heteroatoms. The largest absolute Gasteiger partial charge is 0.504 e. The van der Waals surface area contributed by atoms with Crippen molar-refractivity contribution in [3.63, 3.8) is 0 Å². The molecule has 2 aliphatic rings. The third-order valence-corrected chi connectivity index (χ3v) is 11.3. The summed E-state index contributed by atoms with van der Waals surface area (Å²) in [6.45, 7) is 1.60. The maximum absolute atomic E-state index is 14.1. The number of nitrogens with two attached hydrogens (primary N) is 1. The van der Waals surface area contributed by atoms with E-state index in [0.717, 1.165) is 28.0 Å². The Morgan fingerprint density at radius 3 is 2.39 bits per heavy atom. The van der Waals surface area contributed by atoms with Gasteiger partial charge in [0, 0.05) is 21.5 Å². The SMILES string of the molecule is CCOc1cc([C@@H]2c3sc(=O)n(CC(=O)Nc4ccc(S(N)(=O)=O)cc4)c3S[C@@H]3C(=O)N(c4ccc(Cl)cc4)C(=O)[C@H]23)ccc1O. The number of primary sulfonamides is 1. The number of hydrogen-bond acceptors (Lipinski definition) is 10. The molecule has 3 heterocycles. The molecule has 3 amide bonds. The highest BCUT2D eigenvalue weighted by molar-refractivity contribution is 8.00. The summed E-state index contributed by atoms with van der Waals surface area (Å²) >= 11 is 7.97. The van der Waals surface area contributed by atoms with Gasteiger partial charge in [0.2, 0.25) is 27.7 Å². The molecule has 0 spiro atoms. The fraction of sp³-hybridized carbons (Fsp3) is 0.200. The van der Waals surface area contributed by atoms with Crippen molar-refractivity contribution in [2.45, 2.75) is 34.6 Å². The number of ether oxygens (including phenoxy) is 1. The first kappa shape index (κ1) is 31.8. The second kappa shape index (κ2) is 12.2. The molecule has 6 rings (SSSR count). The predicted molar refractivity (Wildman–Crippen MR) is 173 cm³/mol. The molecule has 0 saturated carbocycles. The summed E-state index contributed by atoms with van der Waals surface area (Å²) in [7, 11) is -3.92. The summed E-state index contributed by atoms with van der Waals surface area (Å²) in [6.07, 6.45) is 0. The number of aromatic nitrogens is 1. The highest BCUT2D eigenvalue weighted by Gasteiger charge is 2.57.